The van der Waals surface area contributed by atoms with Crippen molar-refractivity contribution in [2.24, 2.45) is 17.8 Å². The summed E-state index contributed by atoms with van der Waals surface area (Å²) in [5, 5.41) is 23.2. The van der Waals surface area contributed by atoms with Crippen LogP contribution in [0.5, 0.6) is 0 Å². The predicted molar refractivity (Wildman–Crippen MR) is 185 cm³/mol. The number of amides is 3. The smallest absolute Gasteiger partial charge is 0.306 e. The van der Waals surface area contributed by atoms with Gasteiger partial charge in [0.2, 0.25) is 11.8 Å². The second kappa shape index (κ2) is 19.5. The van der Waals surface area contributed by atoms with Crippen molar-refractivity contribution in [3.63, 3.8) is 0 Å². The van der Waals surface area contributed by atoms with Gasteiger partial charge in [0.25, 0.3) is 5.91 Å². The minimum atomic E-state index is -0.945. The summed E-state index contributed by atoms with van der Waals surface area (Å²) in [5.41, 5.74) is 1.04. The molecule has 3 rings (SSSR count). The Morgan fingerprint density at radius 1 is 1.02 bits per heavy atom. The Morgan fingerprint density at radius 3 is 2.32 bits per heavy atom. The molecule has 5 N–H and O–H groups in total. The van der Waals surface area contributed by atoms with Gasteiger partial charge in [-0.3, -0.25) is 24.0 Å². The molecule has 2 heterocycles. The standard InChI is InChI=1S/C34H49N5O6S.ClH/c1-6-21(4)29(39-30(41)25-14-10-11-15-35-25)32(43)37-26(20(2)3)18-28(40)33-38-27(19-46-33)31(42)36-24(16-22(5)34(44)45)17-23-12-8-7-9-13-23;/h7-9,12-13,19-22,24-26,29,35H,6,10-11,14-18H2,1-5H3,(H,36,42)(H,37,43)(H,39,41)(H,44,45);1H/t21-,22+,24-,25+,26-,29+;/m1./s1. The average Bonchev–Trinajstić information content (AvgIpc) is 3.54. The van der Waals surface area contributed by atoms with Crippen LogP contribution in [0.1, 0.15) is 99.0 Å². The number of carboxylic acid groups (broad SMARTS) is 1. The molecule has 1 saturated heterocycles. The van der Waals surface area contributed by atoms with Crippen LogP contribution in [-0.2, 0) is 20.8 Å². The number of nitrogens with one attached hydrogen (secondary N) is 4. The number of thiazole rings is 1. The van der Waals surface area contributed by atoms with Crippen molar-refractivity contribution in [3.8, 4) is 0 Å². The molecule has 13 heteroatoms. The fourth-order valence-electron chi connectivity index (χ4n) is 5.43. The average molecular weight is 692 g/mol. The van der Waals surface area contributed by atoms with E-state index in [-0.39, 0.29) is 71.4 Å². The molecule has 2 aromatic rings. The lowest BCUT2D eigenvalue weighted by molar-refractivity contribution is -0.141. The Balaban J connectivity index is 0.00000768. The Morgan fingerprint density at radius 2 is 1.72 bits per heavy atom. The van der Waals surface area contributed by atoms with Crippen molar-refractivity contribution in [1.29, 1.82) is 0 Å². The van der Waals surface area contributed by atoms with Gasteiger partial charge in [0.05, 0.1) is 12.0 Å². The van der Waals surface area contributed by atoms with E-state index in [0.29, 0.717) is 12.8 Å². The normalized spacial score (nSPS) is 17.7. The third kappa shape index (κ3) is 12.3. The number of benzene rings is 1. The van der Waals surface area contributed by atoms with Crippen LogP contribution in [0.2, 0.25) is 0 Å². The van der Waals surface area contributed by atoms with E-state index in [0.717, 1.165) is 42.7 Å². The number of aliphatic carboxylic acids is 1. The molecule has 1 aliphatic rings. The van der Waals surface area contributed by atoms with Crippen molar-refractivity contribution in [2.75, 3.05) is 6.54 Å². The molecule has 1 fully saturated rings. The summed E-state index contributed by atoms with van der Waals surface area (Å²) in [5.74, 6) is -3.11. The number of rotatable bonds is 17. The number of Topliss-reactive ketones (excluding diaryl/α,β-unsaturated/α-hetero) is 1. The van der Waals surface area contributed by atoms with E-state index in [1.165, 1.54) is 5.38 Å². The van der Waals surface area contributed by atoms with Crippen LogP contribution in [-0.4, -0.2) is 70.3 Å². The fourth-order valence-corrected chi connectivity index (χ4v) is 6.18. The number of hydrogen-bond acceptors (Lipinski definition) is 8. The van der Waals surface area contributed by atoms with Crippen molar-refractivity contribution in [1.82, 2.24) is 26.3 Å². The third-order valence-corrected chi connectivity index (χ3v) is 9.54. The highest BCUT2D eigenvalue weighted by Crippen LogP contribution is 2.19. The number of piperidine rings is 1. The van der Waals surface area contributed by atoms with Crippen LogP contribution in [0.25, 0.3) is 0 Å². The summed E-state index contributed by atoms with van der Waals surface area (Å²) in [6, 6.07) is 7.48. The molecule has 11 nitrogen and oxygen atoms in total. The van der Waals surface area contributed by atoms with Crippen LogP contribution in [0.3, 0.4) is 0 Å². The minimum Gasteiger partial charge on any atom is -0.481 e. The van der Waals surface area contributed by atoms with Gasteiger partial charge in [-0.15, -0.1) is 23.7 Å². The van der Waals surface area contributed by atoms with Gasteiger partial charge < -0.3 is 26.4 Å². The van der Waals surface area contributed by atoms with Gasteiger partial charge in [-0.05, 0) is 49.6 Å². The van der Waals surface area contributed by atoms with Gasteiger partial charge in [0, 0.05) is 23.9 Å². The van der Waals surface area contributed by atoms with Crippen LogP contribution in [0.4, 0.5) is 0 Å². The molecule has 0 saturated carbocycles. The quantitative estimate of drug-likeness (QED) is 0.152. The summed E-state index contributed by atoms with van der Waals surface area (Å²) < 4.78 is 0. The molecule has 260 valence electrons. The van der Waals surface area contributed by atoms with Gasteiger partial charge in [-0.1, -0.05) is 77.8 Å². The number of halogens is 1. The number of carbonyl (C=O) groups excluding carboxylic acids is 4. The molecule has 0 spiro atoms. The Labute approximate surface area is 287 Å². The van der Waals surface area contributed by atoms with Crippen molar-refractivity contribution < 1.29 is 29.1 Å². The number of hydrogen-bond donors (Lipinski definition) is 5. The van der Waals surface area contributed by atoms with Gasteiger partial charge >= 0.3 is 5.97 Å². The summed E-state index contributed by atoms with van der Waals surface area (Å²) in [6.07, 6.45) is 4.06. The summed E-state index contributed by atoms with van der Waals surface area (Å²) in [6.45, 7) is 10.1. The minimum absolute atomic E-state index is 0. The Bertz CT molecular complexity index is 1330. The number of carboxylic acids is 1. The Hall–Kier alpha value is -3.35. The van der Waals surface area contributed by atoms with E-state index in [4.69, 9.17) is 0 Å². The maximum Gasteiger partial charge on any atom is 0.306 e. The SMILES string of the molecule is CC[C@@H](C)[C@H](NC(=O)[C@@H]1CCCCN1)C(=O)N[C@H](CC(=O)c1nc(C(=O)N[C@@H](Cc2ccccc2)C[C@H](C)C(=O)O)cs1)C(C)C.Cl. The lowest BCUT2D eigenvalue weighted by atomic mass is 9.94. The zero-order chi connectivity index (χ0) is 33.8. The molecule has 6 atom stereocenters. The second-order valence-electron chi connectivity index (χ2n) is 12.7. The summed E-state index contributed by atoms with van der Waals surface area (Å²) in [7, 11) is 0. The van der Waals surface area contributed by atoms with E-state index in [1.807, 2.05) is 58.0 Å². The topological polar surface area (TPSA) is 167 Å². The van der Waals surface area contributed by atoms with Crippen LogP contribution < -0.4 is 21.3 Å². The summed E-state index contributed by atoms with van der Waals surface area (Å²) in [4.78, 5) is 68.7. The molecule has 0 bridgehead atoms. The molecule has 3 amide bonds. The number of carbonyl (C=O) groups is 5. The first-order valence-electron chi connectivity index (χ1n) is 16.3. The first-order chi connectivity index (χ1) is 21.9. The molecule has 0 unspecified atom stereocenters. The van der Waals surface area contributed by atoms with Crippen LogP contribution in [0.15, 0.2) is 35.7 Å². The molecule has 0 aliphatic carbocycles. The lowest BCUT2D eigenvalue weighted by Crippen LogP contribution is -2.57. The van der Waals surface area contributed by atoms with E-state index >= 15 is 0 Å². The number of aromatic nitrogens is 1. The molecule has 0 radical (unpaired) electrons. The van der Waals surface area contributed by atoms with Crippen molar-refractivity contribution in [2.45, 2.75) is 104 Å². The van der Waals surface area contributed by atoms with Gasteiger partial charge in [-0.25, -0.2) is 4.98 Å². The first kappa shape index (κ1) is 39.8. The van der Waals surface area contributed by atoms with Gasteiger partial charge in [0.1, 0.15) is 11.7 Å². The zero-order valence-electron chi connectivity index (χ0n) is 27.9. The van der Waals surface area contributed by atoms with Gasteiger partial charge in [-0.2, -0.15) is 0 Å². The Kier molecular flexibility index (Phi) is 16.5. The number of nitrogens with zero attached hydrogens (tertiary/aromatic N) is 1. The summed E-state index contributed by atoms with van der Waals surface area (Å²) >= 11 is 1.06. The molecule has 1 aliphatic heterocycles. The molecular formula is C34H50ClN5O6S. The third-order valence-electron chi connectivity index (χ3n) is 8.65. The highest BCUT2D eigenvalue weighted by molar-refractivity contribution is 7.11. The van der Waals surface area contributed by atoms with Gasteiger partial charge in [0.15, 0.2) is 10.8 Å². The zero-order valence-corrected chi connectivity index (χ0v) is 29.5. The maximum atomic E-state index is 13.5. The highest BCUT2D eigenvalue weighted by Gasteiger charge is 2.32. The number of ketones is 1. The molecule has 1 aromatic carbocycles. The van der Waals surface area contributed by atoms with Crippen molar-refractivity contribution in [3.05, 3.63) is 52.0 Å². The second-order valence-corrected chi connectivity index (χ2v) is 13.6. The molecular weight excluding hydrogens is 642 g/mol. The predicted octanol–water partition coefficient (Wildman–Crippen LogP) is 4.40. The largest absolute Gasteiger partial charge is 0.481 e. The lowest BCUT2D eigenvalue weighted by Gasteiger charge is -2.30. The van der Waals surface area contributed by atoms with Crippen molar-refractivity contribution >= 4 is 53.2 Å². The van der Waals surface area contributed by atoms with E-state index in [1.54, 1.807) is 6.92 Å². The molecule has 1 aromatic heterocycles. The van der Waals surface area contributed by atoms with E-state index in [9.17, 15) is 29.1 Å². The maximum absolute atomic E-state index is 13.5. The monoisotopic (exact) mass is 691 g/mol. The first-order valence-corrected chi connectivity index (χ1v) is 17.2. The fraction of sp³-hybridized carbons (Fsp3) is 0.588. The van der Waals surface area contributed by atoms with Crippen LogP contribution in [0, 0.1) is 17.8 Å². The van der Waals surface area contributed by atoms with E-state index < -0.39 is 35.9 Å². The highest BCUT2D eigenvalue weighted by atomic mass is 35.5. The van der Waals surface area contributed by atoms with E-state index in [2.05, 4.69) is 26.3 Å². The molecule has 47 heavy (non-hydrogen) atoms. The van der Waals surface area contributed by atoms with Crippen LogP contribution >= 0.6 is 23.7 Å².